The fourth-order valence-electron chi connectivity index (χ4n) is 3.72. The second-order valence-electron chi connectivity index (χ2n) is 7.53. The summed E-state index contributed by atoms with van der Waals surface area (Å²) in [7, 11) is 0. The van der Waals surface area contributed by atoms with Crippen LogP contribution in [0.25, 0.3) is 0 Å². The van der Waals surface area contributed by atoms with Crippen molar-refractivity contribution < 1.29 is 14.3 Å². The predicted molar refractivity (Wildman–Crippen MR) is 118 cm³/mol. The van der Waals surface area contributed by atoms with Gasteiger partial charge in [0.25, 0.3) is 5.91 Å². The van der Waals surface area contributed by atoms with E-state index in [1.54, 1.807) is 23.2 Å². The molecule has 0 aliphatic carbocycles. The Morgan fingerprint density at radius 3 is 2.19 bits per heavy atom. The van der Waals surface area contributed by atoms with Gasteiger partial charge in [-0.3, -0.25) is 9.59 Å². The van der Waals surface area contributed by atoms with Crippen molar-refractivity contribution in [1.82, 2.24) is 9.88 Å². The van der Waals surface area contributed by atoms with Gasteiger partial charge in [0.05, 0.1) is 0 Å². The third-order valence-electron chi connectivity index (χ3n) is 5.42. The van der Waals surface area contributed by atoms with Gasteiger partial charge in [-0.2, -0.15) is 0 Å². The second-order valence-corrected chi connectivity index (χ2v) is 7.53. The summed E-state index contributed by atoms with van der Waals surface area (Å²) in [6.45, 7) is 1.03. The molecule has 1 aromatic heterocycles. The number of carbonyl (C=O) groups excluding carboxylic acids is 2. The zero-order chi connectivity index (χ0) is 21.5. The highest BCUT2D eigenvalue weighted by atomic mass is 16.5. The zero-order valence-corrected chi connectivity index (χ0v) is 17.2. The Morgan fingerprint density at radius 2 is 1.55 bits per heavy atom. The molecule has 1 N–H and O–H groups in total. The van der Waals surface area contributed by atoms with Crippen molar-refractivity contribution in [3.63, 3.8) is 0 Å². The highest BCUT2D eigenvalue weighted by Gasteiger charge is 2.32. The summed E-state index contributed by atoms with van der Waals surface area (Å²) < 4.78 is 6.09. The van der Waals surface area contributed by atoms with Crippen LogP contribution in [0, 0.1) is 5.92 Å². The number of amides is 2. The van der Waals surface area contributed by atoms with Gasteiger partial charge in [-0.25, -0.2) is 4.98 Å². The summed E-state index contributed by atoms with van der Waals surface area (Å²) in [5.74, 6) is 0.918. The number of nitrogens with zero attached hydrogens (tertiary/aromatic N) is 2. The smallest absolute Gasteiger partial charge is 0.268 e. The minimum Gasteiger partial charge on any atom is -0.476 e. The van der Waals surface area contributed by atoms with Crippen LogP contribution in [0.1, 0.15) is 24.5 Å². The fourth-order valence-corrected chi connectivity index (χ4v) is 3.72. The monoisotopic (exact) mass is 415 g/mol. The van der Waals surface area contributed by atoms with Gasteiger partial charge in [-0.05, 0) is 37.1 Å². The predicted octanol–water partition coefficient (Wildman–Crippen LogP) is 4.08. The van der Waals surface area contributed by atoms with Gasteiger partial charge in [0.1, 0.15) is 11.6 Å². The summed E-state index contributed by atoms with van der Waals surface area (Å²) in [6, 6.07) is 24.3. The van der Waals surface area contributed by atoms with Crippen LogP contribution < -0.4 is 10.1 Å². The summed E-state index contributed by atoms with van der Waals surface area (Å²) in [5, 5.41) is 2.86. The van der Waals surface area contributed by atoms with Crippen LogP contribution in [-0.4, -0.2) is 34.8 Å². The van der Waals surface area contributed by atoms with Crippen LogP contribution in [0.4, 0.5) is 5.82 Å². The van der Waals surface area contributed by atoms with E-state index >= 15 is 0 Å². The molecule has 4 rings (SSSR count). The first-order valence-electron chi connectivity index (χ1n) is 10.5. The van der Waals surface area contributed by atoms with Gasteiger partial charge < -0.3 is 15.0 Å². The third kappa shape index (κ3) is 5.28. The molecule has 2 amide bonds. The molecule has 2 heterocycles. The third-order valence-corrected chi connectivity index (χ3v) is 5.42. The molecular weight excluding hydrogens is 390 g/mol. The van der Waals surface area contributed by atoms with Gasteiger partial charge in [0, 0.05) is 30.8 Å². The highest BCUT2D eigenvalue weighted by Crippen LogP contribution is 2.27. The molecular formula is C25H25N3O3. The quantitative estimate of drug-likeness (QED) is 0.659. The second kappa shape index (κ2) is 9.89. The lowest BCUT2D eigenvalue weighted by molar-refractivity contribution is -0.141. The molecule has 3 aromatic rings. The topological polar surface area (TPSA) is 71.5 Å². The molecule has 1 saturated heterocycles. The molecule has 31 heavy (non-hydrogen) atoms. The van der Waals surface area contributed by atoms with E-state index in [-0.39, 0.29) is 17.7 Å². The number of nitrogens with one attached hydrogen (secondary N) is 1. The molecule has 1 aliphatic rings. The number of rotatable bonds is 6. The van der Waals surface area contributed by atoms with E-state index in [1.165, 1.54) is 0 Å². The van der Waals surface area contributed by atoms with Crippen molar-refractivity contribution >= 4 is 17.6 Å². The van der Waals surface area contributed by atoms with Crippen molar-refractivity contribution in [3.8, 4) is 5.75 Å². The van der Waals surface area contributed by atoms with Crippen molar-refractivity contribution in [2.45, 2.75) is 18.9 Å². The molecule has 158 valence electrons. The number of likely N-dealkylation sites (tertiary alicyclic amines) is 1. The van der Waals surface area contributed by atoms with E-state index in [9.17, 15) is 9.59 Å². The van der Waals surface area contributed by atoms with E-state index in [1.807, 2.05) is 66.7 Å². The van der Waals surface area contributed by atoms with Crippen LogP contribution in [0.2, 0.25) is 0 Å². The lowest BCUT2D eigenvalue weighted by Crippen LogP contribution is -2.44. The lowest BCUT2D eigenvalue weighted by atomic mass is 9.95. The SMILES string of the molecule is O=C(Nc1ccccn1)C1CCN(C(=O)C(Oc2ccccc2)c2ccccc2)CC1. The highest BCUT2D eigenvalue weighted by molar-refractivity contribution is 5.92. The maximum absolute atomic E-state index is 13.4. The number of aromatic nitrogens is 1. The number of piperidine rings is 1. The zero-order valence-electron chi connectivity index (χ0n) is 17.2. The van der Waals surface area contributed by atoms with Crippen LogP contribution >= 0.6 is 0 Å². The number of hydrogen-bond acceptors (Lipinski definition) is 4. The van der Waals surface area contributed by atoms with Gasteiger partial charge >= 0.3 is 0 Å². The first kappa shape index (κ1) is 20.6. The number of hydrogen-bond donors (Lipinski definition) is 1. The molecule has 6 nitrogen and oxygen atoms in total. The average Bonchev–Trinajstić information content (AvgIpc) is 2.84. The number of benzene rings is 2. The van der Waals surface area contributed by atoms with Gasteiger partial charge in [0.15, 0.2) is 0 Å². The van der Waals surface area contributed by atoms with Crippen molar-refractivity contribution in [3.05, 3.63) is 90.6 Å². The van der Waals surface area contributed by atoms with Crippen LogP contribution in [-0.2, 0) is 9.59 Å². The molecule has 1 unspecified atom stereocenters. The van der Waals surface area contributed by atoms with E-state index in [0.29, 0.717) is 37.5 Å². The summed E-state index contributed by atoms with van der Waals surface area (Å²) >= 11 is 0. The van der Waals surface area contributed by atoms with Crippen molar-refractivity contribution in [1.29, 1.82) is 0 Å². The summed E-state index contributed by atoms with van der Waals surface area (Å²) in [6.07, 6.45) is 2.14. The molecule has 1 aliphatic heterocycles. The maximum Gasteiger partial charge on any atom is 0.268 e. The van der Waals surface area contributed by atoms with E-state index in [0.717, 1.165) is 5.56 Å². The molecule has 6 heteroatoms. The first-order chi connectivity index (χ1) is 15.2. The molecule has 0 spiro atoms. The minimum absolute atomic E-state index is 0.0501. The summed E-state index contributed by atoms with van der Waals surface area (Å²) in [5.41, 5.74) is 0.811. The van der Waals surface area contributed by atoms with Gasteiger partial charge in [-0.15, -0.1) is 0 Å². The van der Waals surface area contributed by atoms with Crippen LogP contribution in [0.15, 0.2) is 85.1 Å². The Morgan fingerprint density at radius 1 is 0.903 bits per heavy atom. The molecule has 0 bridgehead atoms. The Kier molecular flexibility index (Phi) is 6.57. The van der Waals surface area contributed by atoms with Crippen molar-refractivity contribution in [2.75, 3.05) is 18.4 Å². The summed E-state index contributed by atoms with van der Waals surface area (Å²) in [4.78, 5) is 31.9. The number of anilines is 1. The van der Waals surface area contributed by atoms with Gasteiger partial charge in [0.2, 0.25) is 12.0 Å². The fraction of sp³-hybridized carbons (Fsp3) is 0.240. The van der Waals surface area contributed by atoms with E-state index in [4.69, 9.17) is 4.74 Å². The normalized spacial score (nSPS) is 15.2. The minimum atomic E-state index is -0.720. The molecule has 2 aromatic carbocycles. The van der Waals surface area contributed by atoms with Gasteiger partial charge in [-0.1, -0.05) is 54.6 Å². The number of ether oxygens (including phenoxy) is 1. The largest absolute Gasteiger partial charge is 0.476 e. The van der Waals surface area contributed by atoms with Crippen LogP contribution in [0.3, 0.4) is 0 Å². The lowest BCUT2D eigenvalue weighted by Gasteiger charge is -2.33. The van der Waals surface area contributed by atoms with E-state index in [2.05, 4.69) is 10.3 Å². The van der Waals surface area contributed by atoms with Crippen LogP contribution in [0.5, 0.6) is 5.75 Å². The Balaban J connectivity index is 1.41. The molecule has 0 radical (unpaired) electrons. The Labute approximate surface area is 181 Å². The first-order valence-corrected chi connectivity index (χ1v) is 10.5. The Hall–Kier alpha value is -3.67. The molecule has 1 atom stereocenters. The number of para-hydroxylation sites is 1. The number of pyridine rings is 1. The standard InChI is InChI=1S/C25H25N3O3/c29-24(27-22-13-7-8-16-26-22)20-14-17-28(18-15-20)25(30)23(19-9-3-1-4-10-19)31-21-11-5-2-6-12-21/h1-13,16,20,23H,14-15,17-18H2,(H,26,27,29). The molecule has 1 fully saturated rings. The number of carbonyl (C=O) groups is 2. The maximum atomic E-state index is 13.4. The molecule has 0 saturated carbocycles. The average molecular weight is 415 g/mol. The van der Waals surface area contributed by atoms with Crippen molar-refractivity contribution in [2.24, 2.45) is 5.92 Å². The van der Waals surface area contributed by atoms with E-state index < -0.39 is 6.10 Å². The Bertz CT molecular complexity index is 988.